The van der Waals surface area contributed by atoms with Crippen LogP contribution >= 0.6 is 0 Å². The van der Waals surface area contributed by atoms with E-state index in [-0.39, 0.29) is 19.2 Å². The lowest BCUT2D eigenvalue weighted by atomic mass is 10.0. The first-order valence-electron chi connectivity index (χ1n) is 15.2. The average Bonchev–Trinajstić information content (AvgIpc) is 2.85. The number of rotatable bonds is 28. The number of unbranched alkanes of at least 4 members (excludes halogenated alkanes) is 20. The van der Waals surface area contributed by atoms with Crippen molar-refractivity contribution >= 4 is 5.97 Å². The minimum Gasteiger partial charge on any atom is -0.458 e. The van der Waals surface area contributed by atoms with Gasteiger partial charge in [0.25, 0.3) is 0 Å². The summed E-state index contributed by atoms with van der Waals surface area (Å²) in [5, 5.41) is 9.11. The fourth-order valence-corrected chi connectivity index (χ4v) is 4.44. The second-order valence-corrected chi connectivity index (χ2v) is 10.3. The van der Waals surface area contributed by atoms with E-state index in [1.807, 2.05) is 0 Å². The quantitative estimate of drug-likeness (QED) is 0.0666. The molecule has 0 amide bonds. The van der Waals surface area contributed by atoms with Crippen LogP contribution in [-0.4, -0.2) is 37.0 Å². The Labute approximate surface area is 218 Å². The SMILES string of the molecule is CCCCCCCCCC/C=C\CCCCCCCCCCCCCCOCC(CO)OC(C)=O. The third kappa shape index (κ3) is 29.3. The predicted octanol–water partition coefficient (Wildman–Crippen LogP) is 9.09. The Balaban J connectivity index is 3.17. The highest BCUT2D eigenvalue weighted by molar-refractivity contribution is 5.66. The molecule has 0 spiro atoms. The molecule has 0 radical (unpaired) electrons. The number of aliphatic hydroxyl groups is 1. The van der Waals surface area contributed by atoms with Gasteiger partial charge in [0.05, 0.1) is 13.2 Å². The molecule has 4 nitrogen and oxygen atoms in total. The summed E-state index contributed by atoms with van der Waals surface area (Å²) in [6.45, 7) is 4.41. The van der Waals surface area contributed by atoms with E-state index in [1.54, 1.807) is 0 Å². The van der Waals surface area contributed by atoms with Crippen LogP contribution in [0.4, 0.5) is 0 Å². The van der Waals surface area contributed by atoms with Gasteiger partial charge in [-0.15, -0.1) is 0 Å². The Morgan fingerprint density at radius 3 is 1.46 bits per heavy atom. The molecule has 0 aromatic heterocycles. The van der Waals surface area contributed by atoms with Crippen LogP contribution in [0, 0.1) is 0 Å². The molecule has 0 aliphatic heterocycles. The van der Waals surface area contributed by atoms with Crippen molar-refractivity contribution in [3.05, 3.63) is 12.2 Å². The number of ether oxygens (including phenoxy) is 2. The van der Waals surface area contributed by atoms with E-state index >= 15 is 0 Å². The zero-order valence-corrected chi connectivity index (χ0v) is 23.6. The van der Waals surface area contributed by atoms with Crippen molar-refractivity contribution in [1.29, 1.82) is 0 Å². The molecule has 0 rings (SSSR count). The summed E-state index contributed by atoms with van der Waals surface area (Å²) in [7, 11) is 0. The van der Waals surface area contributed by atoms with Gasteiger partial charge in [0.15, 0.2) is 0 Å². The molecule has 4 heteroatoms. The second-order valence-electron chi connectivity index (χ2n) is 10.3. The third-order valence-electron chi connectivity index (χ3n) is 6.64. The number of allylic oxidation sites excluding steroid dienone is 2. The van der Waals surface area contributed by atoms with Crippen LogP contribution in [0.15, 0.2) is 12.2 Å². The van der Waals surface area contributed by atoms with Gasteiger partial charge in [-0.05, 0) is 32.1 Å². The maximum absolute atomic E-state index is 10.9. The van der Waals surface area contributed by atoms with Crippen LogP contribution < -0.4 is 0 Å². The van der Waals surface area contributed by atoms with Gasteiger partial charge in [0.2, 0.25) is 0 Å². The lowest BCUT2D eigenvalue weighted by Gasteiger charge is -2.14. The number of hydrogen-bond acceptors (Lipinski definition) is 4. The molecular weight excluding hydrogens is 436 g/mol. The van der Waals surface area contributed by atoms with Crippen LogP contribution in [0.2, 0.25) is 0 Å². The highest BCUT2D eigenvalue weighted by Crippen LogP contribution is 2.13. The van der Waals surface area contributed by atoms with E-state index in [0.29, 0.717) is 6.61 Å². The van der Waals surface area contributed by atoms with E-state index in [1.165, 1.54) is 142 Å². The molecule has 0 saturated heterocycles. The smallest absolute Gasteiger partial charge is 0.303 e. The summed E-state index contributed by atoms with van der Waals surface area (Å²) in [5.74, 6) is -0.375. The van der Waals surface area contributed by atoms with Crippen molar-refractivity contribution in [2.75, 3.05) is 19.8 Å². The zero-order valence-electron chi connectivity index (χ0n) is 23.6. The first-order valence-corrected chi connectivity index (χ1v) is 15.2. The minimum atomic E-state index is -0.529. The van der Waals surface area contributed by atoms with Crippen molar-refractivity contribution in [2.45, 2.75) is 161 Å². The molecule has 35 heavy (non-hydrogen) atoms. The minimum absolute atomic E-state index is 0.184. The van der Waals surface area contributed by atoms with Gasteiger partial charge in [-0.3, -0.25) is 4.79 Å². The van der Waals surface area contributed by atoms with Crippen LogP contribution in [0.3, 0.4) is 0 Å². The molecule has 0 aromatic carbocycles. The molecular formula is C31H60O4. The van der Waals surface area contributed by atoms with Crippen LogP contribution in [0.1, 0.15) is 155 Å². The lowest BCUT2D eigenvalue weighted by Crippen LogP contribution is -2.26. The second kappa shape index (κ2) is 29.4. The number of carbonyl (C=O) groups is 1. The largest absolute Gasteiger partial charge is 0.458 e. The molecule has 0 aromatic rings. The normalized spacial score (nSPS) is 12.4. The van der Waals surface area contributed by atoms with Gasteiger partial charge < -0.3 is 14.6 Å². The average molecular weight is 497 g/mol. The van der Waals surface area contributed by atoms with E-state index in [4.69, 9.17) is 14.6 Å². The summed E-state index contributed by atoms with van der Waals surface area (Å²) in [4.78, 5) is 10.9. The summed E-state index contributed by atoms with van der Waals surface area (Å²) in [6, 6.07) is 0. The lowest BCUT2D eigenvalue weighted by molar-refractivity contribution is -0.152. The zero-order chi connectivity index (χ0) is 25.7. The first kappa shape index (κ1) is 34.1. The fraction of sp³-hybridized carbons (Fsp3) is 0.903. The van der Waals surface area contributed by atoms with Gasteiger partial charge in [-0.25, -0.2) is 0 Å². The van der Waals surface area contributed by atoms with Crippen molar-refractivity contribution in [3.63, 3.8) is 0 Å². The van der Waals surface area contributed by atoms with E-state index < -0.39 is 6.10 Å². The van der Waals surface area contributed by atoms with Gasteiger partial charge in [0.1, 0.15) is 6.10 Å². The number of carbonyl (C=O) groups excluding carboxylic acids is 1. The maximum Gasteiger partial charge on any atom is 0.303 e. The van der Waals surface area contributed by atoms with E-state index in [0.717, 1.165) is 6.42 Å². The Morgan fingerprint density at radius 1 is 0.657 bits per heavy atom. The summed E-state index contributed by atoms with van der Waals surface area (Å²) in [6.07, 6.45) is 34.1. The molecule has 0 fully saturated rings. The highest BCUT2D eigenvalue weighted by Gasteiger charge is 2.10. The fourth-order valence-electron chi connectivity index (χ4n) is 4.44. The predicted molar refractivity (Wildman–Crippen MR) is 150 cm³/mol. The van der Waals surface area contributed by atoms with Gasteiger partial charge in [-0.1, -0.05) is 128 Å². The highest BCUT2D eigenvalue weighted by atomic mass is 16.6. The summed E-state index contributed by atoms with van der Waals surface area (Å²) >= 11 is 0. The molecule has 1 unspecified atom stereocenters. The Hall–Kier alpha value is -0.870. The van der Waals surface area contributed by atoms with Crippen molar-refractivity contribution in [3.8, 4) is 0 Å². The Bertz CT molecular complexity index is 449. The molecule has 1 N–H and O–H groups in total. The monoisotopic (exact) mass is 496 g/mol. The molecule has 0 heterocycles. The number of hydrogen-bond donors (Lipinski definition) is 1. The van der Waals surface area contributed by atoms with Gasteiger partial charge in [0, 0.05) is 13.5 Å². The van der Waals surface area contributed by atoms with Crippen LogP contribution in [0.25, 0.3) is 0 Å². The number of esters is 1. The maximum atomic E-state index is 10.9. The molecule has 0 saturated carbocycles. The van der Waals surface area contributed by atoms with Crippen molar-refractivity contribution in [2.24, 2.45) is 0 Å². The van der Waals surface area contributed by atoms with Crippen molar-refractivity contribution < 1.29 is 19.4 Å². The van der Waals surface area contributed by atoms with Crippen LogP contribution in [-0.2, 0) is 14.3 Å². The van der Waals surface area contributed by atoms with E-state index in [2.05, 4.69) is 19.1 Å². The van der Waals surface area contributed by atoms with Crippen LogP contribution in [0.5, 0.6) is 0 Å². The topological polar surface area (TPSA) is 55.8 Å². The standard InChI is InChI=1S/C31H60O4/c1-3-4-5-6-7-8-9-10-11-12-13-14-15-16-17-18-19-20-21-22-23-24-25-26-27-34-29-31(28-32)35-30(2)33/h12-13,31-32H,3-11,14-29H2,1-2H3/b13-12-. The van der Waals surface area contributed by atoms with Crippen molar-refractivity contribution in [1.82, 2.24) is 0 Å². The molecule has 1 atom stereocenters. The molecule has 208 valence electrons. The summed E-state index contributed by atoms with van der Waals surface area (Å²) in [5.41, 5.74) is 0. The van der Waals surface area contributed by atoms with Gasteiger partial charge in [-0.2, -0.15) is 0 Å². The van der Waals surface area contributed by atoms with Gasteiger partial charge >= 0.3 is 5.97 Å². The third-order valence-corrected chi connectivity index (χ3v) is 6.64. The molecule has 0 aliphatic rings. The first-order chi connectivity index (χ1) is 17.2. The number of aliphatic hydroxyl groups excluding tert-OH is 1. The molecule has 0 bridgehead atoms. The Morgan fingerprint density at radius 2 is 1.06 bits per heavy atom. The Kier molecular flexibility index (Phi) is 28.6. The van der Waals surface area contributed by atoms with E-state index in [9.17, 15) is 4.79 Å². The summed E-state index contributed by atoms with van der Waals surface area (Å²) < 4.78 is 10.4. The molecule has 0 aliphatic carbocycles.